The molecule has 0 aliphatic carbocycles. The van der Waals surface area contributed by atoms with Crippen LogP contribution in [0.4, 0.5) is 0 Å². The third kappa shape index (κ3) is 3.58. The highest BCUT2D eigenvalue weighted by molar-refractivity contribution is 5.91. The summed E-state index contributed by atoms with van der Waals surface area (Å²) >= 11 is 0. The fourth-order valence-electron chi connectivity index (χ4n) is 1.35. The van der Waals surface area contributed by atoms with Crippen LogP contribution in [0.15, 0.2) is 18.2 Å². The van der Waals surface area contributed by atoms with Crippen molar-refractivity contribution < 1.29 is 19.1 Å². The van der Waals surface area contributed by atoms with Crippen molar-refractivity contribution >= 4 is 12.3 Å². The first kappa shape index (κ1) is 14.2. The number of aldehydes is 1. The van der Waals surface area contributed by atoms with Gasteiger partial charge in [-0.2, -0.15) is 0 Å². The number of benzene rings is 1. The van der Waals surface area contributed by atoms with Crippen molar-refractivity contribution in [2.75, 3.05) is 13.7 Å². The molecule has 0 heterocycles. The number of carbonyl (C=O) groups is 2. The molecule has 1 rings (SSSR count). The lowest BCUT2D eigenvalue weighted by Gasteiger charge is -2.13. The van der Waals surface area contributed by atoms with Crippen LogP contribution in [0.1, 0.15) is 41.0 Å². The molecule has 0 unspecified atom stereocenters. The van der Waals surface area contributed by atoms with E-state index in [0.717, 1.165) is 6.42 Å². The van der Waals surface area contributed by atoms with Gasteiger partial charge in [-0.15, -0.1) is 0 Å². The first-order chi connectivity index (χ1) is 8.62. The van der Waals surface area contributed by atoms with Crippen LogP contribution in [0.25, 0.3) is 0 Å². The highest BCUT2D eigenvalue weighted by Crippen LogP contribution is 2.20. The smallest absolute Gasteiger partial charge is 0.337 e. The van der Waals surface area contributed by atoms with Crippen molar-refractivity contribution in [2.45, 2.75) is 20.3 Å². The maximum absolute atomic E-state index is 11.4. The van der Waals surface area contributed by atoms with Gasteiger partial charge in [-0.25, -0.2) is 4.79 Å². The van der Waals surface area contributed by atoms with E-state index in [4.69, 9.17) is 4.74 Å². The van der Waals surface area contributed by atoms with Gasteiger partial charge < -0.3 is 9.47 Å². The van der Waals surface area contributed by atoms with E-state index in [9.17, 15) is 9.59 Å². The Bertz CT molecular complexity index is 426. The summed E-state index contributed by atoms with van der Waals surface area (Å²) in [6.45, 7) is 4.65. The summed E-state index contributed by atoms with van der Waals surface area (Å²) in [6, 6.07) is 4.65. The molecule has 0 amide bonds. The number of hydrogen-bond acceptors (Lipinski definition) is 4. The van der Waals surface area contributed by atoms with Crippen molar-refractivity contribution in [3.63, 3.8) is 0 Å². The summed E-state index contributed by atoms with van der Waals surface area (Å²) < 4.78 is 10.2. The van der Waals surface area contributed by atoms with Gasteiger partial charge in [-0.1, -0.05) is 20.3 Å². The highest BCUT2D eigenvalue weighted by Gasteiger charge is 2.11. The molecule has 0 aliphatic rings. The SMILES string of the molecule is CC[C@H](C)COc1cc(C(=O)OC)ccc1C=O. The standard InChI is InChI=1S/C14H18O4/c1-4-10(2)9-18-13-7-11(14(16)17-3)5-6-12(13)8-15/h5-8,10H,4,9H2,1-3H3/t10-/m0/s1. The number of hydrogen-bond donors (Lipinski definition) is 0. The zero-order chi connectivity index (χ0) is 13.5. The molecule has 98 valence electrons. The first-order valence-electron chi connectivity index (χ1n) is 5.92. The number of methoxy groups -OCH3 is 1. The third-order valence-electron chi connectivity index (χ3n) is 2.78. The molecule has 4 nitrogen and oxygen atoms in total. The van der Waals surface area contributed by atoms with E-state index in [2.05, 4.69) is 18.6 Å². The van der Waals surface area contributed by atoms with Crippen LogP contribution in [-0.2, 0) is 4.74 Å². The van der Waals surface area contributed by atoms with Crippen LogP contribution in [-0.4, -0.2) is 26.0 Å². The lowest BCUT2D eigenvalue weighted by molar-refractivity contribution is 0.0600. The molecule has 0 saturated heterocycles. The van der Waals surface area contributed by atoms with Gasteiger partial charge in [0.15, 0.2) is 6.29 Å². The molecule has 0 N–H and O–H groups in total. The van der Waals surface area contributed by atoms with E-state index in [1.165, 1.54) is 13.2 Å². The van der Waals surface area contributed by atoms with Gasteiger partial charge in [0, 0.05) is 0 Å². The van der Waals surface area contributed by atoms with Gasteiger partial charge in [0.2, 0.25) is 0 Å². The monoisotopic (exact) mass is 250 g/mol. The largest absolute Gasteiger partial charge is 0.493 e. The van der Waals surface area contributed by atoms with E-state index in [0.29, 0.717) is 35.7 Å². The molecule has 0 aromatic heterocycles. The van der Waals surface area contributed by atoms with E-state index < -0.39 is 5.97 Å². The lowest BCUT2D eigenvalue weighted by Crippen LogP contribution is -2.09. The van der Waals surface area contributed by atoms with Crippen molar-refractivity contribution in [3.05, 3.63) is 29.3 Å². The van der Waals surface area contributed by atoms with Gasteiger partial charge >= 0.3 is 5.97 Å². The van der Waals surface area contributed by atoms with E-state index in [-0.39, 0.29) is 0 Å². The summed E-state index contributed by atoms with van der Waals surface area (Å²) in [5.41, 5.74) is 0.813. The first-order valence-corrected chi connectivity index (χ1v) is 5.92. The Morgan fingerprint density at radius 2 is 2.17 bits per heavy atom. The van der Waals surface area contributed by atoms with Gasteiger partial charge in [-0.05, 0) is 24.1 Å². The van der Waals surface area contributed by atoms with E-state index in [1.807, 2.05) is 0 Å². The molecule has 1 aromatic carbocycles. The van der Waals surface area contributed by atoms with Crippen LogP contribution in [0.5, 0.6) is 5.75 Å². The maximum atomic E-state index is 11.4. The second-order valence-electron chi connectivity index (χ2n) is 4.19. The molecule has 18 heavy (non-hydrogen) atoms. The van der Waals surface area contributed by atoms with Crippen molar-refractivity contribution in [1.29, 1.82) is 0 Å². The summed E-state index contributed by atoms with van der Waals surface area (Å²) in [6.07, 6.45) is 1.71. The van der Waals surface area contributed by atoms with Crippen LogP contribution in [0.2, 0.25) is 0 Å². The summed E-state index contributed by atoms with van der Waals surface area (Å²) in [5.74, 6) is 0.375. The minimum absolute atomic E-state index is 0.377. The average Bonchev–Trinajstić information content (AvgIpc) is 2.43. The molecular formula is C14H18O4. The van der Waals surface area contributed by atoms with Gasteiger partial charge in [0.1, 0.15) is 5.75 Å². The minimum atomic E-state index is -0.444. The molecule has 0 bridgehead atoms. The normalized spacial score (nSPS) is 11.7. The molecule has 1 atom stereocenters. The molecule has 0 spiro atoms. The molecule has 1 aromatic rings. The van der Waals surface area contributed by atoms with Crippen LogP contribution < -0.4 is 4.74 Å². The molecule has 0 fully saturated rings. The Kier molecular flexibility index (Phi) is 5.36. The molecular weight excluding hydrogens is 232 g/mol. The van der Waals surface area contributed by atoms with Crippen LogP contribution in [0.3, 0.4) is 0 Å². The predicted molar refractivity (Wildman–Crippen MR) is 68.1 cm³/mol. The minimum Gasteiger partial charge on any atom is -0.493 e. The Morgan fingerprint density at radius 3 is 2.72 bits per heavy atom. The Morgan fingerprint density at radius 1 is 1.44 bits per heavy atom. The molecule has 0 radical (unpaired) electrons. The summed E-state index contributed by atoms with van der Waals surface area (Å²) in [5, 5.41) is 0. The Balaban J connectivity index is 2.91. The van der Waals surface area contributed by atoms with Crippen LogP contribution >= 0.6 is 0 Å². The number of esters is 1. The lowest BCUT2D eigenvalue weighted by atomic mass is 10.1. The molecule has 0 aliphatic heterocycles. The number of ether oxygens (including phenoxy) is 2. The van der Waals surface area contributed by atoms with E-state index in [1.54, 1.807) is 12.1 Å². The Labute approximate surface area is 107 Å². The fourth-order valence-corrected chi connectivity index (χ4v) is 1.35. The predicted octanol–water partition coefficient (Wildman–Crippen LogP) is 2.71. The summed E-state index contributed by atoms with van der Waals surface area (Å²) in [7, 11) is 1.32. The zero-order valence-electron chi connectivity index (χ0n) is 10.9. The van der Waals surface area contributed by atoms with Crippen molar-refractivity contribution in [3.8, 4) is 5.75 Å². The van der Waals surface area contributed by atoms with Crippen molar-refractivity contribution in [2.24, 2.45) is 5.92 Å². The van der Waals surface area contributed by atoms with Gasteiger partial charge in [0.25, 0.3) is 0 Å². The number of rotatable bonds is 6. The second kappa shape index (κ2) is 6.79. The van der Waals surface area contributed by atoms with Crippen molar-refractivity contribution in [1.82, 2.24) is 0 Å². The van der Waals surface area contributed by atoms with Gasteiger partial charge in [-0.3, -0.25) is 4.79 Å². The average molecular weight is 250 g/mol. The third-order valence-corrected chi connectivity index (χ3v) is 2.78. The zero-order valence-corrected chi connectivity index (χ0v) is 10.9. The summed E-state index contributed by atoms with van der Waals surface area (Å²) in [4.78, 5) is 22.3. The fraction of sp³-hybridized carbons (Fsp3) is 0.429. The van der Waals surface area contributed by atoms with Crippen LogP contribution in [0, 0.1) is 5.92 Å². The highest BCUT2D eigenvalue weighted by atomic mass is 16.5. The molecule has 0 saturated carbocycles. The second-order valence-corrected chi connectivity index (χ2v) is 4.19. The maximum Gasteiger partial charge on any atom is 0.337 e. The molecule has 4 heteroatoms. The Hall–Kier alpha value is -1.84. The van der Waals surface area contributed by atoms with E-state index >= 15 is 0 Å². The van der Waals surface area contributed by atoms with Gasteiger partial charge in [0.05, 0.1) is 24.8 Å². The number of carbonyl (C=O) groups excluding carboxylic acids is 2. The topological polar surface area (TPSA) is 52.6 Å². The quantitative estimate of drug-likeness (QED) is 0.575.